The molecule has 0 aromatic heterocycles. The molecule has 1 heterocycles. The highest BCUT2D eigenvalue weighted by atomic mass is 32.2. The molecule has 2 amide bonds. The summed E-state index contributed by atoms with van der Waals surface area (Å²) in [4.78, 5) is 29.2. The number of nitrogens with zero attached hydrogens (tertiary/aromatic N) is 3. The average Bonchev–Trinajstić information content (AvgIpc) is 2.80. The Kier molecular flexibility index (Phi) is 7.96. The van der Waals surface area contributed by atoms with Gasteiger partial charge in [0, 0.05) is 43.5 Å². The third-order valence-electron chi connectivity index (χ3n) is 5.66. The van der Waals surface area contributed by atoms with Gasteiger partial charge in [0.2, 0.25) is 10.0 Å². The van der Waals surface area contributed by atoms with Crippen molar-refractivity contribution in [2.75, 3.05) is 50.5 Å². The van der Waals surface area contributed by atoms with Crippen LogP contribution in [0.3, 0.4) is 0 Å². The zero-order valence-electron chi connectivity index (χ0n) is 20.2. The van der Waals surface area contributed by atoms with Crippen LogP contribution in [0.15, 0.2) is 47.4 Å². The van der Waals surface area contributed by atoms with Gasteiger partial charge in [-0.2, -0.15) is 4.31 Å². The molecular weight excluding hydrogens is 456 g/mol. The highest BCUT2D eigenvalue weighted by molar-refractivity contribution is 7.89. The summed E-state index contributed by atoms with van der Waals surface area (Å²) in [5, 5.41) is 2.81. The molecule has 0 radical (unpaired) electrons. The topological polar surface area (TPSA) is 99.3 Å². The maximum Gasteiger partial charge on any atom is 0.267 e. The van der Waals surface area contributed by atoms with Crippen molar-refractivity contribution in [1.29, 1.82) is 0 Å². The second-order valence-electron chi connectivity index (χ2n) is 8.30. The zero-order valence-corrected chi connectivity index (χ0v) is 21.1. The molecule has 1 atom stereocenters. The number of ether oxygens (including phenoxy) is 1. The van der Waals surface area contributed by atoms with Gasteiger partial charge >= 0.3 is 0 Å². The van der Waals surface area contributed by atoms with Crippen LogP contribution in [0.2, 0.25) is 0 Å². The van der Waals surface area contributed by atoms with E-state index in [0.717, 1.165) is 0 Å². The molecule has 3 rings (SSSR count). The average molecular weight is 489 g/mol. The lowest BCUT2D eigenvalue weighted by Crippen LogP contribution is -2.46. The molecule has 10 heteroatoms. The largest absolute Gasteiger partial charge is 0.479 e. The van der Waals surface area contributed by atoms with Crippen molar-refractivity contribution < 1.29 is 22.7 Å². The molecule has 1 aliphatic rings. The fourth-order valence-corrected chi connectivity index (χ4v) is 5.17. The molecule has 0 saturated carbocycles. The molecule has 1 aliphatic heterocycles. The summed E-state index contributed by atoms with van der Waals surface area (Å²) >= 11 is 0. The number of anilines is 2. The number of nitrogens with one attached hydrogen (secondary N) is 1. The number of hydrogen-bond acceptors (Lipinski definition) is 6. The molecule has 0 aliphatic carbocycles. The monoisotopic (exact) mass is 488 g/mol. The number of benzene rings is 2. The Hall–Kier alpha value is -2.95. The lowest BCUT2D eigenvalue weighted by atomic mass is 10.1. The van der Waals surface area contributed by atoms with E-state index >= 15 is 0 Å². The van der Waals surface area contributed by atoms with Crippen molar-refractivity contribution in [3.05, 3.63) is 48.0 Å². The lowest BCUT2D eigenvalue weighted by Gasteiger charge is -2.34. The molecule has 1 N–H and O–H groups in total. The lowest BCUT2D eigenvalue weighted by molar-refractivity contribution is -0.125. The number of likely N-dealkylation sites (N-methyl/N-ethyl adjacent to an activating group) is 1. The maximum absolute atomic E-state index is 12.8. The Morgan fingerprint density at radius 2 is 1.74 bits per heavy atom. The van der Waals surface area contributed by atoms with Gasteiger partial charge in [0.05, 0.1) is 10.6 Å². The summed E-state index contributed by atoms with van der Waals surface area (Å²) in [5.41, 5.74) is 1.50. The number of carbonyl (C=O) groups is 2. The predicted molar refractivity (Wildman–Crippen MR) is 132 cm³/mol. The second kappa shape index (κ2) is 10.5. The highest BCUT2D eigenvalue weighted by Gasteiger charge is 2.31. The van der Waals surface area contributed by atoms with Crippen LogP contribution in [0.4, 0.5) is 11.4 Å². The summed E-state index contributed by atoms with van der Waals surface area (Å²) < 4.78 is 32.4. The van der Waals surface area contributed by atoms with Gasteiger partial charge in [-0.1, -0.05) is 13.8 Å². The van der Waals surface area contributed by atoms with Crippen LogP contribution in [0.25, 0.3) is 0 Å². The second-order valence-corrected chi connectivity index (χ2v) is 10.2. The van der Waals surface area contributed by atoms with E-state index in [-0.39, 0.29) is 16.7 Å². The normalized spacial score (nSPS) is 15.9. The molecule has 0 fully saturated rings. The van der Waals surface area contributed by atoms with E-state index in [9.17, 15) is 18.0 Å². The molecule has 0 bridgehead atoms. The van der Waals surface area contributed by atoms with Gasteiger partial charge in [0.15, 0.2) is 6.10 Å². The summed E-state index contributed by atoms with van der Waals surface area (Å²) in [6, 6.07) is 11.0. The molecular formula is C24H32N4O5S. The van der Waals surface area contributed by atoms with Crippen LogP contribution in [0, 0.1) is 0 Å². The molecule has 0 saturated heterocycles. The van der Waals surface area contributed by atoms with Crippen molar-refractivity contribution in [3.63, 3.8) is 0 Å². The van der Waals surface area contributed by atoms with E-state index in [1.54, 1.807) is 43.9 Å². The van der Waals surface area contributed by atoms with Gasteiger partial charge in [-0.05, 0) is 57.4 Å². The maximum atomic E-state index is 12.8. The van der Waals surface area contributed by atoms with Crippen LogP contribution in [0.1, 0.15) is 31.1 Å². The number of fused-ring (bicyclic) bond motifs is 1. The molecule has 1 unspecified atom stereocenters. The fourth-order valence-electron chi connectivity index (χ4n) is 3.71. The van der Waals surface area contributed by atoms with E-state index in [0.29, 0.717) is 48.9 Å². The summed E-state index contributed by atoms with van der Waals surface area (Å²) in [6.07, 6.45) is -0.624. The van der Waals surface area contributed by atoms with Crippen LogP contribution < -0.4 is 15.0 Å². The van der Waals surface area contributed by atoms with Crippen LogP contribution >= 0.6 is 0 Å². The van der Waals surface area contributed by atoms with Crippen molar-refractivity contribution in [2.45, 2.75) is 31.8 Å². The summed E-state index contributed by atoms with van der Waals surface area (Å²) in [6.45, 7) is 7.24. The molecule has 34 heavy (non-hydrogen) atoms. The van der Waals surface area contributed by atoms with Gasteiger partial charge in [0.25, 0.3) is 11.8 Å². The Labute approximate surface area is 201 Å². The van der Waals surface area contributed by atoms with Crippen molar-refractivity contribution in [2.24, 2.45) is 0 Å². The number of rotatable bonds is 9. The SMILES string of the molecule is CCN(CC)S(=O)(=O)c1ccc(C(=O)Nc2ccc3c(c2)OC(C)C(=O)N3CCN(C)C)cc1. The highest BCUT2D eigenvalue weighted by Crippen LogP contribution is 2.36. The van der Waals surface area contributed by atoms with Gasteiger partial charge in [-0.25, -0.2) is 8.42 Å². The predicted octanol–water partition coefficient (Wildman–Crippen LogP) is 2.64. The van der Waals surface area contributed by atoms with E-state index in [4.69, 9.17) is 4.74 Å². The number of hydrogen-bond donors (Lipinski definition) is 1. The Bertz CT molecular complexity index is 1140. The van der Waals surface area contributed by atoms with Gasteiger partial charge in [-0.3, -0.25) is 9.59 Å². The first-order valence-electron chi connectivity index (χ1n) is 11.3. The summed E-state index contributed by atoms with van der Waals surface area (Å²) in [5.74, 6) is 0.0337. The van der Waals surface area contributed by atoms with E-state index in [1.807, 2.05) is 19.0 Å². The van der Waals surface area contributed by atoms with Gasteiger partial charge < -0.3 is 19.9 Å². The van der Waals surface area contributed by atoms with Crippen LogP contribution in [0.5, 0.6) is 5.75 Å². The molecule has 2 aromatic rings. The minimum atomic E-state index is -3.59. The molecule has 0 spiro atoms. The molecule has 2 aromatic carbocycles. The summed E-state index contributed by atoms with van der Waals surface area (Å²) in [7, 11) is 0.300. The van der Waals surface area contributed by atoms with Crippen molar-refractivity contribution in [1.82, 2.24) is 9.21 Å². The first-order valence-corrected chi connectivity index (χ1v) is 12.7. The van der Waals surface area contributed by atoms with Crippen molar-refractivity contribution in [3.8, 4) is 5.75 Å². The quantitative estimate of drug-likeness (QED) is 0.583. The minimum absolute atomic E-state index is 0.106. The smallest absolute Gasteiger partial charge is 0.267 e. The number of sulfonamides is 1. The Balaban J connectivity index is 1.77. The van der Waals surface area contributed by atoms with Crippen molar-refractivity contribution >= 4 is 33.2 Å². The number of amides is 2. The van der Waals surface area contributed by atoms with E-state index in [2.05, 4.69) is 5.32 Å². The third kappa shape index (κ3) is 5.40. The zero-order chi connectivity index (χ0) is 25.0. The fraction of sp³-hybridized carbons (Fsp3) is 0.417. The van der Waals surface area contributed by atoms with Gasteiger partial charge in [-0.15, -0.1) is 0 Å². The van der Waals surface area contributed by atoms with E-state index in [1.165, 1.54) is 28.6 Å². The van der Waals surface area contributed by atoms with Crippen LogP contribution in [-0.2, 0) is 14.8 Å². The standard InChI is InChI=1S/C24H32N4O5S/c1-6-27(7-2)34(31,32)20-11-8-18(9-12-20)23(29)25-19-10-13-21-22(16-19)33-17(3)24(30)28(21)15-14-26(4)5/h8-13,16-17H,6-7,14-15H2,1-5H3,(H,25,29). The van der Waals surface area contributed by atoms with Gasteiger partial charge in [0.1, 0.15) is 5.75 Å². The third-order valence-corrected chi connectivity index (χ3v) is 7.72. The molecule has 9 nitrogen and oxygen atoms in total. The molecule has 184 valence electrons. The van der Waals surface area contributed by atoms with Crippen LogP contribution in [-0.4, -0.2) is 75.8 Å². The first-order chi connectivity index (χ1) is 16.1. The van der Waals surface area contributed by atoms with E-state index < -0.39 is 16.1 Å². The first kappa shape index (κ1) is 25.7. The Morgan fingerprint density at radius 1 is 1.09 bits per heavy atom. The Morgan fingerprint density at radius 3 is 2.32 bits per heavy atom. The minimum Gasteiger partial charge on any atom is -0.479 e. The number of carbonyl (C=O) groups excluding carboxylic acids is 2.